The van der Waals surface area contributed by atoms with Crippen molar-refractivity contribution in [3.63, 3.8) is 0 Å². The van der Waals surface area contributed by atoms with E-state index in [-0.39, 0.29) is 40.5 Å². The Bertz CT molecular complexity index is 943. The minimum Gasteiger partial charge on any atom is -0.466 e. The maximum atomic E-state index is 12.1. The Morgan fingerprint density at radius 3 is 2.40 bits per heavy atom. The van der Waals surface area contributed by atoms with E-state index in [0.717, 1.165) is 32.1 Å². The van der Waals surface area contributed by atoms with Gasteiger partial charge in [-0.3, -0.25) is 0 Å². The van der Waals surface area contributed by atoms with Crippen molar-refractivity contribution in [1.29, 1.82) is 0 Å². The molecule has 0 radical (unpaired) electrons. The lowest BCUT2D eigenvalue weighted by atomic mass is 9.41. The molecular formula is C30H46O5. The summed E-state index contributed by atoms with van der Waals surface area (Å²) in [6.07, 6.45) is 11.3. The quantitative estimate of drug-likeness (QED) is 0.429. The van der Waals surface area contributed by atoms with Crippen LogP contribution >= 0.6 is 0 Å². The van der Waals surface area contributed by atoms with E-state index in [1.54, 1.807) is 0 Å². The molecule has 5 aliphatic carbocycles. The van der Waals surface area contributed by atoms with Gasteiger partial charge in [0.1, 0.15) is 0 Å². The number of carbonyl (C=O) groups excluding carboxylic acids is 1. The molecule has 6 fully saturated rings. The number of hydrogen-bond donors (Lipinski definition) is 2. The first-order valence-corrected chi connectivity index (χ1v) is 14.2. The zero-order valence-electron chi connectivity index (χ0n) is 22.5. The van der Waals surface area contributed by atoms with Crippen molar-refractivity contribution in [1.82, 2.24) is 0 Å². The molecule has 0 amide bonds. The van der Waals surface area contributed by atoms with Crippen molar-refractivity contribution in [3.8, 4) is 0 Å². The fourth-order valence-corrected chi connectivity index (χ4v) is 11.7. The number of aliphatic hydroxyl groups is 2. The predicted octanol–water partition coefficient (Wildman–Crippen LogP) is 4.89. The summed E-state index contributed by atoms with van der Waals surface area (Å²) in [5, 5.41) is 23.0. The van der Waals surface area contributed by atoms with Gasteiger partial charge in [-0.15, -0.1) is 0 Å². The van der Waals surface area contributed by atoms with E-state index in [0.29, 0.717) is 34.5 Å². The molecule has 5 heteroatoms. The van der Waals surface area contributed by atoms with Crippen LogP contribution in [0.2, 0.25) is 0 Å². The van der Waals surface area contributed by atoms with Gasteiger partial charge in [0, 0.05) is 11.5 Å². The Balaban J connectivity index is 1.34. The fourth-order valence-electron chi connectivity index (χ4n) is 11.7. The molecule has 196 valence electrons. The Morgan fingerprint density at radius 2 is 1.69 bits per heavy atom. The van der Waals surface area contributed by atoms with Gasteiger partial charge in [-0.25, -0.2) is 4.79 Å². The second kappa shape index (κ2) is 7.35. The number of aliphatic hydroxyl groups excluding tert-OH is 2. The van der Waals surface area contributed by atoms with Crippen LogP contribution in [0.5, 0.6) is 0 Å². The van der Waals surface area contributed by atoms with Crippen molar-refractivity contribution >= 4 is 5.97 Å². The molecule has 0 aromatic rings. The number of hydrogen-bond acceptors (Lipinski definition) is 5. The minimum absolute atomic E-state index is 0.0204. The molecular weight excluding hydrogens is 440 g/mol. The third-order valence-corrected chi connectivity index (χ3v) is 13.5. The van der Waals surface area contributed by atoms with Crippen molar-refractivity contribution in [2.24, 2.45) is 50.7 Å². The Morgan fingerprint density at radius 1 is 1.00 bits per heavy atom. The number of fused-ring (bicyclic) bond motifs is 4. The molecule has 6 aliphatic rings. The average Bonchev–Trinajstić information content (AvgIpc) is 3.45. The molecule has 6 rings (SSSR count). The van der Waals surface area contributed by atoms with E-state index in [4.69, 9.17) is 9.47 Å². The van der Waals surface area contributed by atoms with E-state index < -0.39 is 6.10 Å². The summed E-state index contributed by atoms with van der Waals surface area (Å²) in [6, 6.07) is 0. The first kappa shape index (κ1) is 24.4. The SMILES string of the molecule is COC(=O)/C=C/[C@H]1C[C@@H](C)C2[C@H](O1)[C@H](O)[C@@]1(C)[C@@H]3CC[C@H]4C(C)(C)C(O)CCC45C[C@@]35CC[C@]21C. The highest BCUT2D eigenvalue weighted by molar-refractivity contribution is 5.81. The van der Waals surface area contributed by atoms with E-state index >= 15 is 0 Å². The molecule has 35 heavy (non-hydrogen) atoms. The minimum atomic E-state index is -0.493. The lowest BCUT2D eigenvalue weighted by molar-refractivity contribution is -0.182. The zero-order chi connectivity index (χ0) is 25.2. The molecule has 0 bridgehead atoms. The molecule has 5 nitrogen and oxygen atoms in total. The molecule has 3 unspecified atom stereocenters. The number of rotatable bonds is 2. The number of methoxy groups -OCH3 is 1. The largest absolute Gasteiger partial charge is 0.466 e. The summed E-state index contributed by atoms with van der Waals surface area (Å²) < 4.78 is 11.4. The normalized spacial score (nSPS) is 57.9. The van der Waals surface area contributed by atoms with E-state index in [2.05, 4.69) is 34.6 Å². The van der Waals surface area contributed by atoms with Gasteiger partial charge in [-0.2, -0.15) is 0 Å². The summed E-state index contributed by atoms with van der Waals surface area (Å²) in [5.74, 6) is 1.49. The number of carbonyl (C=O) groups is 1. The Labute approximate surface area is 211 Å². The molecule has 5 saturated carbocycles. The highest BCUT2D eigenvalue weighted by Crippen LogP contribution is 2.89. The summed E-state index contributed by atoms with van der Waals surface area (Å²) in [4.78, 5) is 11.7. The molecule has 0 aromatic carbocycles. The van der Waals surface area contributed by atoms with E-state index in [9.17, 15) is 15.0 Å². The maximum Gasteiger partial charge on any atom is 0.330 e. The van der Waals surface area contributed by atoms with Gasteiger partial charge in [0.2, 0.25) is 0 Å². The summed E-state index contributed by atoms with van der Waals surface area (Å²) in [6.45, 7) is 11.8. The third kappa shape index (κ3) is 2.74. The summed E-state index contributed by atoms with van der Waals surface area (Å²) in [7, 11) is 1.39. The summed E-state index contributed by atoms with van der Waals surface area (Å²) in [5.41, 5.74) is 0.528. The average molecular weight is 487 g/mol. The highest BCUT2D eigenvalue weighted by Gasteiger charge is 2.84. The van der Waals surface area contributed by atoms with Crippen LogP contribution in [-0.2, 0) is 14.3 Å². The maximum absolute atomic E-state index is 12.1. The van der Waals surface area contributed by atoms with Crippen LogP contribution in [0.4, 0.5) is 0 Å². The van der Waals surface area contributed by atoms with Crippen LogP contribution in [0.25, 0.3) is 0 Å². The molecule has 1 heterocycles. The fraction of sp³-hybridized carbons (Fsp3) is 0.900. The molecule has 2 N–H and O–H groups in total. The van der Waals surface area contributed by atoms with Crippen molar-refractivity contribution in [2.45, 2.75) is 110 Å². The van der Waals surface area contributed by atoms with E-state index in [1.807, 2.05) is 6.08 Å². The van der Waals surface area contributed by atoms with Crippen LogP contribution in [0, 0.1) is 50.7 Å². The van der Waals surface area contributed by atoms with Gasteiger partial charge in [-0.05, 0) is 103 Å². The zero-order valence-corrected chi connectivity index (χ0v) is 22.5. The monoisotopic (exact) mass is 486 g/mol. The van der Waals surface area contributed by atoms with Gasteiger partial charge in [0.15, 0.2) is 0 Å². The van der Waals surface area contributed by atoms with Gasteiger partial charge in [0.05, 0.1) is 31.5 Å². The first-order chi connectivity index (χ1) is 16.4. The smallest absolute Gasteiger partial charge is 0.330 e. The van der Waals surface area contributed by atoms with E-state index in [1.165, 1.54) is 32.4 Å². The highest BCUT2D eigenvalue weighted by atomic mass is 16.5. The second-order valence-corrected chi connectivity index (χ2v) is 14.5. The van der Waals surface area contributed by atoms with Crippen molar-refractivity contribution < 1.29 is 24.5 Å². The van der Waals surface area contributed by atoms with Crippen LogP contribution in [0.3, 0.4) is 0 Å². The molecule has 12 atom stereocenters. The summed E-state index contributed by atoms with van der Waals surface area (Å²) >= 11 is 0. The lowest BCUT2D eigenvalue weighted by Crippen LogP contribution is -2.59. The lowest BCUT2D eigenvalue weighted by Gasteiger charge is -2.63. The Hall–Kier alpha value is -0.910. The van der Waals surface area contributed by atoms with Crippen LogP contribution in [-0.4, -0.2) is 47.7 Å². The number of esters is 1. The predicted molar refractivity (Wildman–Crippen MR) is 133 cm³/mol. The molecule has 1 aliphatic heterocycles. The number of ether oxygens (including phenoxy) is 2. The molecule has 0 aromatic heterocycles. The molecule has 1 saturated heterocycles. The van der Waals surface area contributed by atoms with Gasteiger partial charge >= 0.3 is 5.97 Å². The third-order valence-electron chi connectivity index (χ3n) is 13.5. The van der Waals surface area contributed by atoms with Gasteiger partial charge in [0.25, 0.3) is 0 Å². The standard InChI is InChI=1S/C30H46O5/c1-17-15-18(7-10-22(32)34-6)35-24-23(17)27(4)13-14-30-16-29(30)12-11-21(31)26(2,3)19(29)8-9-20(30)28(27,5)25(24)33/h7,10,17-21,23-25,31,33H,8-9,11-16H2,1-6H3/b10-7+/t17-,18+,19+,20+,21?,23?,24+,25+,27-,28-,29?,30+/m1/s1. The van der Waals surface area contributed by atoms with Crippen LogP contribution in [0.1, 0.15) is 86.0 Å². The van der Waals surface area contributed by atoms with Crippen LogP contribution < -0.4 is 0 Å². The van der Waals surface area contributed by atoms with Crippen LogP contribution in [0.15, 0.2) is 12.2 Å². The van der Waals surface area contributed by atoms with Gasteiger partial charge < -0.3 is 19.7 Å². The first-order valence-electron chi connectivity index (χ1n) is 14.2. The molecule has 2 spiro atoms. The van der Waals surface area contributed by atoms with Gasteiger partial charge in [-0.1, -0.05) is 34.6 Å². The second-order valence-electron chi connectivity index (χ2n) is 14.5. The van der Waals surface area contributed by atoms with Crippen molar-refractivity contribution in [3.05, 3.63) is 12.2 Å². The topological polar surface area (TPSA) is 76.0 Å². The Kier molecular flexibility index (Phi) is 5.13. The van der Waals surface area contributed by atoms with Crippen molar-refractivity contribution in [2.75, 3.05) is 7.11 Å².